The number of carbonyl (C=O) groups excluding carboxylic acids is 2. The van der Waals surface area contributed by atoms with E-state index in [2.05, 4.69) is 12.2 Å². The van der Waals surface area contributed by atoms with Crippen LogP contribution >= 0.6 is 0 Å². The SMILES string of the molecule is CCCCC12CCC(=O)C([N+](=O)[O-])=C1c1cc(F)ccc1C2NC1c2c(cc(F)c(N)c2N)C2=C(C)C(=O)CCC21CCCC. The number of hydrogen-bond donors (Lipinski definition) is 3. The van der Waals surface area contributed by atoms with Crippen LogP contribution in [0.1, 0.15) is 119 Å². The van der Waals surface area contributed by atoms with E-state index in [0.29, 0.717) is 65.5 Å². The van der Waals surface area contributed by atoms with E-state index in [1.54, 1.807) is 13.0 Å². The Kier molecular flexibility index (Phi) is 7.70. The Hall–Kier alpha value is -3.92. The van der Waals surface area contributed by atoms with Crippen LogP contribution < -0.4 is 16.8 Å². The molecule has 238 valence electrons. The highest BCUT2D eigenvalue weighted by Gasteiger charge is 2.60. The zero-order valence-corrected chi connectivity index (χ0v) is 26.0. The van der Waals surface area contributed by atoms with Crippen molar-refractivity contribution in [3.63, 3.8) is 0 Å². The van der Waals surface area contributed by atoms with Crippen molar-refractivity contribution in [3.05, 3.63) is 79.5 Å². The Bertz CT molecular complexity index is 1720. The van der Waals surface area contributed by atoms with Crippen molar-refractivity contribution in [3.8, 4) is 0 Å². The molecule has 0 aromatic heterocycles. The number of rotatable bonds is 9. The Morgan fingerprint density at radius 2 is 1.53 bits per heavy atom. The minimum absolute atomic E-state index is 0.000525. The molecule has 0 fully saturated rings. The van der Waals surface area contributed by atoms with E-state index in [1.807, 2.05) is 6.92 Å². The number of nitrogens with zero attached hydrogens (tertiary/aromatic N) is 1. The van der Waals surface area contributed by atoms with Crippen molar-refractivity contribution in [2.24, 2.45) is 10.8 Å². The van der Waals surface area contributed by atoms with Crippen LogP contribution in [0.5, 0.6) is 0 Å². The van der Waals surface area contributed by atoms with Gasteiger partial charge in [0, 0.05) is 46.9 Å². The van der Waals surface area contributed by atoms with Gasteiger partial charge in [0.05, 0.1) is 16.3 Å². The summed E-state index contributed by atoms with van der Waals surface area (Å²) in [5.74, 6) is -1.74. The van der Waals surface area contributed by atoms with Crippen molar-refractivity contribution in [2.45, 2.75) is 97.1 Å². The first-order chi connectivity index (χ1) is 21.4. The molecular formula is C35H40F2N4O4. The number of nitrogen functional groups attached to an aromatic ring is 2. The average Bonchev–Trinajstić information content (AvgIpc) is 3.43. The van der Waals surface area contributed by atoms with Crippen LogP contribution in [0.4, 0.5) is 20.2 Å². The van der Waals surface area contributed by atoms with Crippen molar-refractivity contribution in [2.75, 3.05) is 11.5 Å². The fourth-order valence-corrected chi connectivity index (χ4v) is 8.98. The first-order valence-corrected chi connectivity index (χ1v) is 16.0. The molecular weight excluding hydrogens is 578 g/mol. The smallest absolute Gasteiger partial charge is 0.316 e. The summed E-state index contributed by atoms with van der Waals surface area (Å²) in [5.41, 5.74) is 14.8. The lowest BCUT2D eigenvalue weighted by molar-refractivity contribution is -0.418. The van der Waals surface area contributed by atoms with Gasteiger partial charge in [0.2, 0.25) is 5.78 Å². The highest BCUT2D eigenvalue weighted by atomic mass is 19.1. The predicted molar refractivity (Wildman–Crippen MR) is 169 cm³/mol. The summed E-state index contributed by atoms with van der Waals surface area (Å²) in [6.07, 6.45) is 5.71. The van der Waals surface area contributed by atoms with Crippen LogP contribution in [0.25, 0.3) is 11.1 Å². The van der Waals surface area contributed by atoms with Gasteiger partial charge in [-0.15, -0.1) is 0 Å². The molecule has 0 saturated carbocycles. The maximum atomic E-state index is 15.3. The molecule has 4 unspecified atom stereocenters. The minimum atomic E-state index is -0.874. The van der Waals surface area contributed by atoms with Crippen LogP contribution in [-0.4, -0.2) is 16.5 Å². The van der Waals surface area contributed by atoms with E-state index in [4.69, 9.17) is 11.5 Å². The second-order valence-corrected chi connectivity index (χ2v) is 13.3. The lowest BCUT2D eigenvalue weighted by Crippen LogP contribution is -2.45. The summed E-state index contributed by atoms with van der Waals surface area (Å²) in [4.78, 5) is 38.2. The van der Waals surface area contributed by atoms with E-state index in [0.717, 1.165) is 31.3 Å². The molecule has 0 heterocycles. The molecule has 0 radical (unpaired) electrons. The highest BCUT2D eigenvalue weighted by Crippen LogP contribution is 2.67. The zero-order valence-electron chi connectivity index (χ0n) is 26.0. The third-order valence-corrected chi connectivity index (χ3v) is 11.0. The van der Waals surface area contributed by atoms with E-state index in [1.165, 1.54) is 18.2 Å². The Morgan fingerprint density at radius 3 is 2.16 bits per heavy atom. The fraction of sp³-hybridized carbons (Fsp3) is 0.486. The van der Waals surface area contributed by atoms with Crippen molar-refractivity contribution < 1.29 is 23.3 Å². The van der Waals surface area contributed by atoms with Gasteiger partial charge in [0.15, 0.2) is 5.78 Å². The highest BCUT2D eigenvalue weighted by molar-refractivity contribution is 6.07. The summed E-state index contributed by atoms with van der Waals surface area (Å²) >= 11 is 0. The second kappa shape index (κ2) is 11.2. The Labute approximate surface area is 261 Å². The van der Waals surface area contributed by atoms with E-state index in [-0.39, 0.29) is 23.6 Å². The lowest BCUT2D eigenvalue weighted by Gasteiger charge is -2.46. The molecule has 0 spiro atoms. The molecule has 8 nitrogen and oxygen atoms in total. The van der Waals surface area contributed by atoms with Gasteiger partial charge in [0.25, 0.3) is 0 Å². The maximum absolute atomic E-state index is 15.3. The molecule has 0 bridgehead atoms. The van der Waals surface area contributed by atoms with E-state index < -0.39 is 51.0 Å². The molecule has 0 saturated heterocycles. The lowest BCUT2D eigenvalue weighted by atomic mass is 9.63. The second-order valence-electron chi connectivity index (χ2n) is 13.3. The largest absolute Gasteiger partial charge is 0.397 e. The predicted octanol–water partition coefficient (Wildman–Crippen LogP) is 7.37. The summed E-state index contributed by atoms with van der Waals surface area (Å²) in [7, 11) is 0. The van der Waals surface area contributed by atoms with Crippen LogP contribution in [0.2, 0.25) is 0 Å². The van der Waals surface area contributed by atoms with Gasteiger partial charge in [0.1, 0.15) is 11.6 Å². The molecule has 0 amide bonds. The summed E-state index contributed by atoms with van der Waals surface area (Å²) in [6.45, 7) is 5.92. The number of hydrogen-bond acceptors (Lipinski definition) is 7. The van der Waals surface area contributed by atoms with Crippen LogP contribution in [-0.2, 0) is 9.59 Å². The van der Waals surface area contributed by atoms with Crippen LogP contribution in [0.15, 0.2) is 35.5 Å². The first kappa shape index (κ1) is 31.1. The number of nitrogens with one attached hydrogen (secondary N) is 1. The van der Waals surface area contributed by atoms with Gasteiger partial charge < -0.3 is 16.8 Å². The van der Waals surface area contributed by atoms with Gasteiger partial charge in [-0.2, -0.15) is 0 Å². The Morgan fingerprint density at radius 1 is 0.911 bits per heavy atom. The first-order valence-electron chi connectivity index (χ1n) is 16.0. The molecule has 2 aromatic carbocycles. The molecule has 0 aliphatic heterocycles. The number of Topliss-reactive ketones (excluding diaryl/α,β-unsaturated/α-hetero) is 2. The number of fused-ring (bicyclic) bond motifs is 6. The molecule has 4 aliphatic rings. The summed E-state index contributed by atoms with van der Waals surface area (Å²) in [5, 5.41) is 16.4. The number of nitrogens with two attached hydrogens (primary N) is 2. The third-order valence-electron chi connectivity index (χ3n) is 11.0. The average molecular weight is 619 g/mol. The number of unbranched alkanes of at least 4 members (excludes halogenated alkanes) is 2. The number of nitro groups is 1. The molecule has 5 N–H and O–H groups in total. The fourth-order valence-electron chi connectivity index (χ4n) is 8.98. The van der Waals surface area contributed by atoms with Gasteiger partial charge in [-0.1, -0.05) is 45.6 Å². The van der Waals surface area contributed by atoms with Crippen molar-refractivity contribution in [1.82, 2.24) is 5.32 Å². The Balaban J connectivity index is 1.65. The molecule has 45 heavy (non-hydrogen) atoms. The number of benzene rings is 2. The standard InChI is InChI=1S/C35H40F2N4O4/c1-4-6-12-34-14-10-24(42)18(3)27(34)22-17-23(37)29(38)30(39)26(22)33(34)40-32-20-9-8-19(36)16-21(20)28-31(41(44)45)25(43)11-15-35(28,32)13-7-5-2/h8-9,16-17,32-33,40H,4-7,10-15,38-39H2,1-3H3. The maximum Gasteiger partial charge on any atom is 0.316 e. The summed E-state index contributed by atoms with van der Waals surface area (Å²) < 4.78 is 30.2. The number of anilines is 2. The number of halogens is 2. The number of allylic oxidation sites excluding steroid dienone is 2. The molecule has 2 aromatic rings. The molecule has 4 aliphatic carbocycles. The summed E-state index contributed by atoms with van der Waals surface area (Å²) in [6, 6.07) is 4.64. The van der Waals surface area contributed by atoms with Crippen molar-refractivity contribution in [1.29, 1.82) is 0 Å². The van der Waals surface area contributed by atoms with Gasteiger partial charge in [-0.25, -0.2) is 8.78 Å². The molecule has 6 rings (SSSR count). The van der Waals surface area contributed by atoms with Crippen molar-refractivity contribution >= 4 is 34.1 Å². The van der Waals surface area contributed by atoms with Gasteiger partial charge >= 0.3 is 5.70 Å². The molecule has 10 heteroatoms. The van der Waals surface area contributed by atoms with E-state index in [9.17, 15) is 24.1 Å². The normalized spacial score (nSPS) is 27.0. The van der Waals surface area contributed by atoms with Crippen LogP contribution in [0.3, 0.4) is 0 Å². The number of carbonyl (C=O) groups is 2. The van der Waals surface area contributed by atoms with Gasteiger partial charge in [-0.3, -0.25) is 19.7 Å². The monoisotopic (exact) mass is 618 g/mol. The van der Waals surface area contributed by atoms with E-state index >= 15 is 4.39 Å². The number of ketones is 2. The minimum Gasteiger partial charge on any atom is -0.397 e. The quantitative estimate of drug-likeness (QED) is 0.151. The van der Waals surface area contributed by atoms with Crippen LogP contribution in [0, 0.1) is 32.6 Å². The topological polar surface area (TPSA) is 141 Å². The van der Waals surface area contributed by atoms with Gasteiger partial charge in [-0.05, 0) is 78.6 Å². The zero-order chi connectivity index (χ0) is 32.4. The molecule has 4 atom stereocenters. The third kappa shape index (κ3) is 4.39.